The Labute approximate surface area is 132 Å². The van der Waals surface area contributed by atoms with Crippen molar-refractivity contribution >= 4 is 18.2 Å². The predicted octanol–water partition coefficient (Wildman–Crippen LogP) is 0.531. The van der Waals surface area contributed by atoms with Gasteiger partial charge in [0, 0.05) is 12.6 Å². The molecule has 0 fully saturated rings. The van der Waals surface area contributed by atoms with Crippen LogP contribution >= 0.6 is 0 Å². The van der Waals surface area contributed by atoms with Gasteiger partial charge >= 0.3 is 6.03 Å². The molecule has 5 N–H and O–H groups in total. The molecule has 0 heterocycles. The van der Waals surface area contributed by atoms with Crippen molar-refractivity contribution in [3.8, 4) is 0 Å². The molecular formula is C15H30N4O3. The standard InChI is InChI=1S/C15H30N4O3/c1-5-11(4)18-13(10(2)3)14(21)19-12(9-20)7-6-8-17-15(16)22/h9-13,18H,5-8H2,1-4H3,(H,19,21)(H3,16,17,22)/t11?,12-,13-/m0/s1. The van der Waals surface area contributed by atoms with E-state index >= 15 is 0 Å². The Bertz CT molecular complexity index is 361. The van der Waals surface area contributed by atoms with Crippen LogP contribution in [0.1, 0.15) is 47.0 Å². The Hall–Kier alpha value is -1.63. The quantitative estimate of drug-likeness (QED) is 0.329. The summed E-state index contributed by atoms with van der Waals surface area (Å²) in [4.78, 5) is 34.0. The summed E-state index contributed by atoms with van der Waals surface area (Å²) in [6, 6.07) is -1.25. The number of nitrogens with two attached hydrogens (primary N) is 1. The lowest BCUT2D eigenvalue weighted by molar-refractivity contribution is -0.127. The van der Waals surface area contributed by atoms with E-state index in [1.54, 1.807) is 0 Å². The fraction of sp³-hybridized carbons (Fsp3) is 0.800. The van der Waals surface area contributed by atoms with Crippen LogP contribution in [0.25, 0.3) is 0 Å². The molecule has 0 saturated heterocycles. The molecule has 0 spiro atoms. The fourth-order valence-corrected chi connectivity index (χ4v) is 1.98. The van der Waals surface area contributed by atoms with Gasteiger partial charge in [-0.2, -0.15) is 0 Å². The molecule has 0 aromatic rings. The number of primary amides is 1. The maximum absolute atomic E-state index is 12.3. The molecule has 0 aliphatic rings. The van der Waals surface area contributed by atoms with E-state index in [9.17, 15) is 14.4 Å². The average Bonchev–Trinajstić information content (AvgIpc) is 2.46. The Morgan fingerprint density at radius 2 is 1.86 bits per heavy atom. The molecule has 0 aliphatic carbocycles. The summed E-state index contributed by atoms with van der Waals surface area (Å²) in [6.07, 6.45) is 2.68. The highest BCUT2D eigenvalue weighted by Crippen LogP contribution is 2.06. The minimum Gasteiger partial charge on any atom is -0.352 e. The van der Waals surface area contributed by atoms with Crippen molar-refractivity contribution in [2.45, 2.75) is 65.1 Å². The molecule has 0 saturated carbocycles. The number of aldehydes is 1. The summed E-state index contributed by atoms with van der Waals surface area (Å²) in [5.74, 6) is -0.0481. The first kappa shape index (κ1) is 20.4. The number of urea groups is 1. The molecular weight excluding hydrogens is 284 g/mol. The lowest BCUT2D eigenvalue weighted by Crippen LogP contribution is -2.53. The van der Waals surface area contributed by atoms with E-state index in [4.69, 9.17) is 5.73 Å². The van der Waals surface area contributed by atoms with E-state index in [2.05, 4.69) is 16.0 Å². The van der Waals surface area contributed by atoms with Gasteiger partial charge in [-0.15, -0.1) is 0 Å². The van der Waals surface area contributed by atoms with Gasteiger partial charge in [-0.1, -0.05) is 20.8 Å². The van der Waals surface area contributed by atoms with Crippen LogP contribution in [0.2, 0.25) is 0 Å². The number of nitrogens with one attached hydrogen (secondary N) is 3. The summed E-state index contributed by atoms with van der Waals surface area (Å²) in [6.45, 7) is 8.38. The molecule has 0 radical (unpaired) electrons. The SMILES string of the molecule is CCC(C)N[C@H](C(=O)N[C@H](C=O)CCCNC(N)=O)C(C)C. The van der Waals surface area contributed by atoms with E-state index < -0.39 is 12.1 Å². The molecule has 1 unspecified atom stereocenters. The van der Waals surface area contributed by atoms with E-state index in [0.29, 0.717) is 19.4 Å². The van der Waals surface area contributed by atoms with E-state index in [1.807, 2.05) is 27.7 Å². The van der Waals surface area contributed by atoms with Crippen molar-refractivity contribution in [3.63, 3.8) is 0 Å². The van der Waals surface area contributed by atoms with Gasteiger partial charge in [0.15, 0.2) is 0 Å². The van der Waals surface area contributed by atoms with Gasteiger partial charge < -0.3 is 26.5 Å². The molecule has 22 heavy (non-hydrogen) atoms. The maximum Gasteiger partial charge on any atom is 0.312 e. The third-order valence-corrected chi connectivity index (χ3v) is 3.51. The van der Waals surface area contributed by atoms with Crippen LogP contribution in [0, 0.1) is 5.92 Å². The topological polar surface area (TPSA) is 113 Å². The van der Waals surface area contributed by atoms with E-state index in [1.165, 1.54) is 0 Å². The van der Waals surface area contributed by atoms with Gasteiger partial charge in [-0.25, -0.2) is 4.79 Å². The molecule has 0 aliphatic heterocycles. The normalized spacial score (nSPS) is 15.0. The van der Waals surface area contributed by atoms with Crippen molar-refractivity contribution in [2.24, 2.45) is 11.7 Å². The van der Waals surface area contributed by atoms with E-state index in [-0.39, 0.29) is 23.9 Å². The Morgan fingerprint density at radius 1 is 1.23 bits per heavy atom. The zero-order chi connectivity index (χ0) is 17.1. The summed E-state index contributed by atoms with van der Waals surface area (Å²) in [5, 5.41) is 8.48. The summed E-state index contributed by atoms with van der Waals surface area (Å²) >= 11 is 0. The highest BCUT2D eigenvalue weighted by atomic mass is 16.2. The number of carbonyl (C=O) groups is 3. The Morgan fingerprint density at radius 3 is 2.32 bits per heavy atom. The number of carbonyl (C=O) groups excluding carboxylic acids is 3. The second-order valence-corrected chi connectivity index (χ2v) is 5.88. The molecule has 0 rings (SSSR count). The Balaban J connectivity index is 4.40. The third kappa shape index (κ3) is 8.61. The van der Waals surface area contributed by atoms with Crippen molar-refractivity contribution in [3.05, 3.63) is 0 Å². The zero-order valence-electron chi connectivity index (χ0n) is 14.0. The maximum atomic E-state index is 12.3. The first-order valence-corrected chi connectivity index (χ1v) is 7.86. The third-order valence-electron chi connectivity index (χ3n) is 3.51. The smallest absolute Gasteiger partial charge is 0.312 e. The van der Waals surface area contributed by atoms with Gasteiger partial charge in [-0.3, -0.25) is 4.79 Å². The second kappa shape index (κ2) is 11.0. The first-order valence-electron chi connectivity index (χ1n) is 7.86. The van der Waals surface area contributed by atoms with Crippen LogP contribution in [-0.2, 0) is 9.59 Å². The van der Waals surface area contributed by atoms with Crippen molar-refractivity contribution in [2.75, 3.05) is 6.54 Å². The van der Waals surface area contributed by atoms with Crippen LogP contribution in [0.15, 0.2) is 0 Å². The van der Waals surface area contributed by atoms with Gasteiger partial charge in [-0.05, 0) is 32.1 Å². The van der Waals surface area contributed by atoms with E-state index in [0.717, 1.165) is 12.7 Å². The average molecular weight is 314 g/mol. The number of hydrogen-bond donors (Lipinski definition) is 4. The van der Waals surface area contributed by atoms with Gasteiger partial charge in [0.25, 0.3) is 0 Å². The highest BCUT2D eigenvalue weighted by molar-refractivity contribution is 5.84. The summed E-state index contributed by atoms with van der Waals surface area (Å²) < 4.78 is 0. The lowest BCUT2D eigenvalue weighted by Gasteiger charge is -2.26. The van der Waals surface area contributed by atoms with Crippen LogP contribution in [0.5, 0.6) is 0 Å². The zero-order valence-corrected chi connectivity index (χ0v) is 14.0. The number of amides is 3. The van der Waals surface area contributed by atoms with Gasteiger partial charge in [0.1, 0.15) is 6.29 Å². The predicted molar refractivity (Wildman–Crippen MR) is 86.3 cm³/mol. The summed E-state index contributed by atoms with van der Waals surface area (Å²) in [7, 11) is 0. The molecule has 3 atom stereocenters. The molecule has 7 heteroatoms. The number of rotatable bonds is 11. The van der Waals surface area contributed by atoms with Crippen molar-refractivity contribution in [1.82, 2.24) is 16.0 Å². The summed E-state index contributed by atoms with van der Waals surface area (Å²) in [5.41, 5.74) is 4.96. The molecule has 0 bridgehead atoms. The fourth-order valence-electron chi connectivity index (χ4n) is 1.98. The van der Waals surface area contributed by atoms with Crippen LogP contribution < -0.4 is 21.7 Å². The molecule has 0 aromatic carbocycles. The van der Waals surface area contributed by atoms with Crippen molar-refractivity contribution < 1.29 is 14.4 Å². The minimum atomic E-state index is -0.593. The minimum absolute atomic E-state index is 0.123. The number of hydrogen-bond acceptors (Lipinski definition) is 4. The highest BCUT2D eigenvalue weighted by Gasteiger charge is 2.25. The van der Waals surface area contributed by atoms with Crippen molar-refractivity contribution in [1.29, 1.82) is 0 Å². The Kier molecular flexibility index (Phi) is 10.2. The molecule has 128 valence electrons. The van der Waals surface area contributed by atoms with Crippen LogP contribution in [0.3, 0.4) is 0 Å². The molecule has 3 amide bonds. The van der Waals surface area contributed by atoms with Crippen LogP contribution in [0.4, 0.5) is 4.79 Å². The van der Waals surface area contributed by atoms with Crippen LogP contribution in [-0.4, -0.2) is 42.9 Å². The van der Waals surface area contributed by atoms with Gasteiger partial charge in [0.05, 0.1) is 12.1 Å². The second-order valence-electron chi connectivity index (χ2n) is 5.88. The first-order chi connectivity index (χ1) is 10.3. The lowest BCUT2D eigenvalue weighted by atomic mass is 10.0. The monoisotopic (exact) mass is 314 g/mol. The largest absolute Gasteiger partial charge is 0.352 e. The molecule has 0 aromatic heterocycles. The van der Waals surface area contributed by atoms with Gasteiger partial charge in [0.2, 0.25) is 5.91 Å². The molecule has 7 nitrogen and oxygen atoms in total.